The van der Waals surface area contributed by atoms with Crippen LogP contribution in [-0.4, -0.2) is 37.6 Å². The number of nitrogens with zero attached hydrogens (tertiary/aromatic N) is 1. The zero-order valence-corrected chi connectivity index (χ0v) is 11.0. The van der Waals surface area contributed by atoms with E-state index in [1.54, 1.807) is 0 Å². The van der Waals surface area contributed by atoms with Crippen molar-refractivity contribution in [3.63, 3.8) is 0 Å². The molecule has 0 amide bonds. The standard InChI is InChI=1S/C14H22N2O2/c1-18-14(17)8-11-16(10-5-9-15)12-13-6-3-2-4-7-13/h2-4,6-7H,5,8-12,15H2,1H3. The Morgan fingerprint density at radius 1 is 1.28 bits per heavy atom. The zero-order chi connectivity index (χ0) is 13.2. The molecule has 0 bridgehead atoms. The second kappa shape index (κ2) is 8.66. The molecule has 0 aliphatic rings. The van der Waals surface area contributed by atoms with Crippen molar-refractivity contribution in [2.24, 2.45) is 5.73 Å². The molecule has 0 atom stereocenters. The molecule has 1 aromatic rings. The van der Waals surface area contributed by atoms with Crippen molar-refractivity contribution in [1.82, 2.24) is 4.90 Å². The number of carbonyl (C=O) groups excluding carboxylic acids is 1. The van der Waals surface area contributed by atoms with Gasteiger partial charge in [-0.05, 0) is 25.1 Å². The van der Waals surface area contributed by atoms with E-state index in [-0.39, 0.29) is 5.97 Å². The first-order valence-electron chi connectivity index (χ1n) is 6.29. The summed E-state index contributed by atoms with van der Waals surface area (Å²) in [4.78, 5) is 13.4. The molecule has 0 aliphatic carbocycles. The molecular weight excluding hydrogens is 228 g/mol. The summed E-state index contributed by atoms with van der Waals surface area (Å²) >= 11 is 0. The van der Waals surface area contributed by atoms with Crippen LogP contribution in [-0.2, 0) is 16.1 Å². The van der Waals surface area contributed by atoms with Gasteiger partial charge in [-0.1, -0.05) is 30.3 Å². The molecule has 18 heavy (non-hydrogen) atoms. The number of ether oxygens (including phenoxy) is 1. The Balaban J connectivity index is 2.47. The van der Waals surface area contributed by atoms with E-state index in [4.69, 9.17) is 5.73 Å². The first-order chi connectivity index (χ1) is 8.76. The van der Waals surface area contributed by atoms with E-state index < -0.39 is 0 Å². The van der Waals surface area contributed by atoms with Crippen LogP contribution in [0.1, 0.15) is 18.4 Å². The molecule has 0 aromatic heterocycles. The third-order valence-corrected chi connectivity index (χ3v) is 2.79. The zero-order valence-electron chi connectivity index (χ0n) is 11.0. The van der Waals surface area contributed by atoms with Gasteiger partial charge in [0.15, 0.2) is 0 Å². The highest BCUT2D eigenvalue weighted by atomic mass is 16.5. The predicted octanol–water partition coefficient (Wildman–Crippen LogP) is 1.40. The van der Waals surface area contributed by atoms with Gasteiger partial charge in [-0.15, -0.1) is 0 Å². The van der Waals surface area contributed by atoms with Gasteiger partial charge in [-0.25, -0.2) is 0 Å². The van der Waals surface area contributed by atoms with Crippen LogP contribution in [0.3, 0.4) is 0 Å². The maximum atomic E-state index is 11.2. The number of hydrogen-bond acceptors (Lipinski definition) is 4. The molecule has 2 N–H and O–H groups in total. The van der Waals surface area contributed by atoms with Crippen molar-refractivity contribution in [3.05, 3.63) is 35.9 Å². The van der Waals surface area contributed by atoms with Gasteiger partial charge in [0.05, 0.1) is 13.5 Å². The molecule has 0 unspecified atom stereocenters. The Kier molecular flexibility index (Phi) is 7.06. The van der Waals surface area contributed by atoms with Crippen LogP contribution < -0.4 is 5.73 Å². The van der Waals surface area contributed by atoms with Crippen LogP contribution >= 0.6 is 0 Å². The average molecular weight is 250 g/mol. The van der Waals surface area contributed by atoms with Gasteiger partial charge in [0, 0.05) is 13.1 Å². The third kappa shape index (κ3) is 5.80. The van der Waals surface area contributed by atoms with Gasteiger partial charge in [0.1, 0.15) is 0 Å². The van der Waals surface area contributed by atoms with Gasteiger partial charge in [0.2, 0.25) is 0 Å². The monoisotopic (exact) mass is 250 g/mol. The second-order valence-corrected chi connectivity index (χ2v) is 4.23. The van der Waals surface area contributed by atoms with Gasteiger partial charge >= 0.3 is 5.97 Å². The molecule has 4 nitrogen and oxygen atoms in total. The minimum Gasteiger partial charge on any atom is -0.469 e. The Hall–Kier alpha value is -1.39. The van der Waals surface area contributed by atoms with Crippen molar-refractivity contribution in [2.75, 3.05) is 26.7 Å². The van der Waals surface area contributed by atoms with Crippen molar-refractivity contribution in [3.8, 4) is 0 Å². The molecular formula is C14H22N2O2. The summed E-state index contributed by atoms with van der Waals surface area (Å²) in [5.41, 5.74) is 6.78. The molecule has 0 fully saturated rings. The summed E-state index contributed by atoms with van der Waals surface area (Å²) in [5, 5.41) is 0. The lowest BCUT2D eigenvalue weighted by Crippen LogP contribution is -2.28. The van der Waals surface area contributed by atoms with Crippen molar-refractivity contribution >= 4 is 5.97 Å². The topological polar surface area (TPSA) is 55.6 Å². The van der Waals surface area contributed by atoms with Crippen LogP contribution in [0.25, 0.3) is 0 Å². The largest absolute Gasteiger partial charge is 0.469 e. The number of rotatable bonds is 8. The number of carbonyl (C=O) groups is 1. The fraction of sp³-hybridized carbons (Fsp3) is 0.500. The van der Waals surface area contributed by atoms with E-state index >= 15 is 0 Å². The first-order valence-corrected chi connectivity index (χ1v) is 6.29. The van der Waals surface area contributed by atoms with Gasteiger partial charge < -0.3 is 10.5 Å². The van der Waals surface area contributed by atoms with Crippen LogP contribution in [0.5, 0.6) is 0 Å². The second-order valence-electron chi connectivity index (χ2n) is 4.23. The number of benzene rings is 1. The van der Waals surface area contributed by atoms with Crippen molar-refractivity contribution < 1.29 is 9.53 Å². The van der Waals surface area contributed by atoms with Crippen LogP contribution in [0.4, 0.5) is 0 Å². The predicted molar refractivity (Wildman–Crippen MR) is 72.0 cm³/mol. The SMILES string of the molecule is COC(=O)CCN(CCCN)Cc1ccccc1. The summed E-state index contributed by atoms with van der Waals surface area (Å²) < 4.78 is 4.66. The normalized spacial score (nSPS) is 10.6. The van der Waals surface area contributed by atoms with Gasteiger partial charge in [0.25, 0.3) is 0 Å². The highest BCUT2D eigenvalue weighted by Gasteiger charge is 2.08. The van der Waals surface area contributed by atoms with Crippen molar-refractivity contribution in [1.29, 1.82) is 0 Å². The fourth-order valence-corrected chi connectivity index (χ4v) is 1.78. The molecule has 0 spiro atoms. The highest BCUT2D eigenvalue weighted by Crippen LogP contribution is 2.06. The highest BCUT2D eigenvalue weighted by molar-refractivity contribution is 5.69. The molecule has 0 saturated carbocycles. The smallest absolute Gasteiger partial charge is 0.306 e. The van der Waals surface area contributed by atoms with Gasteiger partial charge in [-0.2, -0.15) is 0 Å². The quantitative estimate of drug-likeness (QED) is 0.709. The lowest BCUT2D eigenvalue weighted by Gasteiger charge is -2.21. The summed E-state index contributed by atoms with van der Waals surface area (Å²) in [6, 6.07) is 10.2. The minimum atomic E-state index is -0.166. The molecule has 4 heteroatoms. The lowest BCUT2D eigenvalue weighted by molar-refractivity contribution is -0.141. The molecule has 1 rings (SSSR count). The first kappa shape index (κ1) is 14.7. The number of hydrogen-bond donors (Lipinski definition) is 1. The van der Waals surface area contributed by atoms with Crippen LogP contribution in [0.15, 0.2) is 30.3 Å². The number of methoxy groups -OCH3 is 1. The third-order valence-electron chi connectivity index (χ3n) is 2.79. The van der Waals surface area contributed by atoms with Crippen molar-refractivity contribution in [2.45, 2.75) is 19.4 Å². The van der Waals surface area contributed by atoms with Gasteiger partial charge in [-0.3, -0.25) is 9.69 Å². The van der Waals surface area contributed by atoms with E-state index in [0.717, 1.165) is 19.5 Å². The Labute approximate surface area is 109 Å². The molecule has 0 heterocycles. The summed E-state index contributed by atoms with van der Waals surface area (Å²) in [6.45, 7) is 3.13. The summed E-state index contributed by atoms with van der Waals surface area (Å²) in [7, 11) is 1.42. The minimum absolute atomic E-state index is 0.166. The Bertz CT molecular complexity index is 341. The lowest BCUT2D eigenvalue weighted by atomic mass is 10.2. The van der Waals surface area contributed by atoms with E-state index in [1.165, 1.54) is 12.7 Å². The maximum Gasteiger partial charge on any atom is 0.306 e. The Morgan fingerprint density at radius 2 is 2.00 bits per heavy atom. The number of nitrogens with two attached hydrogens (primary N) is 1. The fourth-order valence-electron chi connectivity index (χ4n) is 1.78. The summed E-state index contributed by atoms with van der Waals surface area (Å²) in [6.07, 6.45) is 1.36. The van der Waals surface area contributed by atoms with Crippen LogP contribution in [0.2, 0.25) is 0 Å². The van der Waals surface area contributed by atoms with E-state index in [1.807, 2.05) is 18.2 Å². The maximum absolute atomic E-state index is 11.2. The molecule has 0 aliphatic heterocycles. The van der Waals surface area contributed by atoms with E-state index in [2.05, 4.69) is 21.8 Å². The van der Waals surface area contributed by atoms with Crippen LogP contribution in [0, 0.1) is 0 Å². The molecule has 100 valence electrons. The summed E-state index contributed by atoms with van der Waals surface area (Å²) in [5.74, 6) is -0.166. The van der Waals surface area contributed by atoms with E-state index in [0.29, 0.717) is 19.5 Å². The average Bonchev–Trinajstić information content (AvgIpc) is 2.42. The molecule has 1 aromatic carbocycles. The van der Waals surface area contributed by atoms with E-state index in [9.17, 15) is 4.79 Å². The number of esters is 1. The molecule has 0 radical (unpaired) electrons. The molecule has 0 saturated heterocycles. The Morgan fingerprint density at radius 3 is 2.61 bits per heavy atom.